The largest absolute Gasteiger partial charge is 0.389 e. The number of likely N-dealkylation sites (tertiary alicyclic amines) is 1. The Morgan fingerprint density at radius 2 is 2.50 bits per heavy atom. The summed E-state index contributed by atoms with van der Waals surface area (Å²) in [5.41, 5.74) is 0. The molecule has 1 fully saturated rings. The van der Waals surface area contributed by atoms with Crippen molar-refractivity contribution in [2.24, 2.45) is 0 Å². The number of aliphatic hydroxyl groups excluding tert-OH is 1. The summed E-state index contributed by atoms with van der Waals surface area (Å²) in [6, 6.07) is 4.70. The summed E-state index contributed by atoms with van der Waals surface area (Å²) >= 11 is 1.68. The lowest BCUT2D eigenvalue weighted by molar-refractivity contribution is 0.0293. The molecule has 4 nitrogen and oxygen atoms in total. The van der Waals surface area contributed by atoms with Crippen LogP contribution in [0.5, 0.6) is 0 Å². The molecule has 0 aromatic carbocycles. The van der Waals surface area contributed by atoms with Gasteiger partial charge in [-0.2, -0.15) is 0 Å². The van der Waals surface area contributed by atoms with Gasteiger partial charge in [0.15, 0.2) is 0 Å². The Morgan fingerprint density at radius 3 is 3.25 bits per heavy atom. The van der Waals surface area contributed by atoms with Crippen molar-refractivity contribution in [2.75, 3.05) is 32.8 Å². The summed E-state index contributed by atoms with van der Waals surface area (Å²) in [6.07, 6.45) is 2.14. The van der Waals surface area contributed by atoms with Crippen LogP contribution < -0.4 is 5.32 Å². The van der Waals surface area contributed by atoms with E-state index in [1.165, 1.54) is 24.3 Å². The lowest BCUT2D eigenvalue weighted by Gasteiger charge is -2.23. The van der Waals surface area contributed by atoms with Crippen LogP contribution in [0.3, 0.4) is 0 Å². The van der Waals surface area contributed by atoms with E-state index in [1.807, 2.05) is 11.4 Å². The van der Waals surface area contributed by atoms with Crippen LogP contribution >= 0.6 is 11.3 Å². The van der Waals surface area contributed by atoms with Crippen LogP contribution in [-0.4, -0.2) is 54.9 Å². The standard InChI is InChI=1S/C15H26N2O2S/c1-2-17-7-3-5-13(17)9-16-10-14(18)11-19-12-15-6-4-8-20-15/h4,6,8,13-14,16,18H,2-3,5,7,9-12H2,1H3/t13-,14+/m1/s1. The Bertz CT molecular complexity index is 359. The minimum Gasteiger partial charge on any atom is -0.389 e. The molecule has 1 aliphatic heterocycles. The second kappa shape index (κ2) is 8.74. The molecular weight excluding hydrogens is 272 g/mol. The molecule has 1 aromatic rings. The zero-order chi connectivity index (χ0) is 14.2. The molecule has 0 unspecified atom stereocenters. The van der Waals surface area contributed by atoms with Crippen LogP contribution in [0.1, 0.15) is 24.6 Å². The zero-order valence-electron chi connectivity index (χ0n) is 12.3. The number of rotatable bonds is 9. The minimum absolute atomic E-state index is 0.396. The summed E-state index contributed by atoms with van der Waals surface area (Å²) in [7, 11) is 0. The van der Waals surface area contributed by atoms with Crippen LogP contribution in [0.15, 0.2) is 17.5 Å². The van der Waals surface area contributed by atoms with Crippen LogP contribution in [0.4, 0.5) is 0 Å². The number of nitrogens with zero attached hydrogens (tertiary/aromatic N) is 1. The highest BCUT2D eigenvalue weighted by Gasteiger charge is 2.22. The Morgan fingerprint density at radius 1 is 1.60 bits per heavy atom. The van der Waals surface area contributed by atoms with E-state index in [0.717, 1.165) is 13.1 Å². The first kappa shape index (κ1) is 15.9. The molecule has 114 valence electrons. The quantitative estimate of drug-likeness (QED) is 0.728. The van der Waals surface area contributed by atoms with E-state index in [0.29, 0.717) is 25.8 Å². The molecule has 5 heteroatoms. The zero-order valence-corrected chi connectivity index (χ0v) is 13.1. The third kappa shape index (κ3) is 5.14. The van der Waals surface area contributed by atoms with E-state index >= 15 is 0 Å². The van der Waals surface area contributed by atoms with Crippen LogP contribution in [0.2, 0.25) is 0 Å². The number of hydrogen-bond acceptors (Lipinski definition) is 5. The first-order valence-corrected chi connectivity index (χ1v) is 8.40. The van der Waals surface area contributed by atoms with Gasteiger partial charge in [0.1, 0.15) is 0 Å². The highest BCUT2D eigenvalue weighted by atomic mass is 32.1. The number of ether oxygens (including phenoxy) is 1. The maximum Gasteiger partial charge on any atom is 0.0897 e. The first-order valence-electron chi connectivity index (χ1n) is 7.52. The molecule has 0 saturated carbocycles. The molecule has 0 bridgehead atoms. The van der Waals surface area contributed by atoms with Crippen molar-refractivity contribution < 1.29 is 9.84 Å². The summed E-state index contributed by atoms with van der Waals surface area (Å²) in [5.74, 6) is 0. The molecular formula is C15H26N2O2S. The van der Waals surface area contributed by atoms with Crippen molar-refractivity contribution in [3.8, 4) is 0 Å². The smallest absolute Gasteiger partial charge is 0.0897 e. The monoisotopic (exact) mass is 298 g/mol. The molecule has 2 atom stereocenters. The molecule has 2 rings (SSSR count). The van der Waals surface area contributed by atoms with Gasteiger partial charge in [-0.3, -0.25) is 4.90 Å². The van der Waals surface area contributed by atoms with Crippen molar-refractivity contribution in [2.45, 2.75) is 38.5 Å². The van der Waals surface area contributed by atoms with Crippen molar-refractivity contribution in [3.63, 3.8) is 0 Å². The number of hydrogen-bond donors (Lipinski definition) is 2. The lowest BCUT2D eigenvalue weighted by Crippen LogP contribution is -2.41. The van der Waals surface area contributed by atoms with Gasteiger partial charge in [0.2, 0.25) is 0 Å². The Hall–Kier alpha value is -0.460. The van der Waals surface area contributed by atoms with E-state index in [-0.39, 0.29) is 0 Å². The minimum atomic E-state index is -0.425. The van der Waals surface area contributed by atoms with E-state index in [2.05, 4.69) is 23.2 Å². The fourth-order valence-corrected chi connectivity index (χ4v) is 3.35. The Kier molecular flexibility index (Phi) is 6.96. The summed E-state index contributed by atoms with van der Waals surface area (Å²) in [6.45, 7) is 7.13. The predicted molar refractivity (Wildman–Crippen MR) is 83.1 cm³/mol. The lowest BCUT2D eigenvalue weighted by atomic mass is 10.2. The second-order valence-corrected chi connectivity index (χ2v) is 6.36. The summed E-state index contributed by atoms with van der Waals surface area (Å²) < 4.78 is 5.51. The van der Waals surface area contributed by atoms with Crippen LogP contribution in [0.25, 0.3) is 0 Å². The third-order valence-electron chi connectivity index (χ3n) is 3.80. The van der Waals surface area contributed by atoms with Gasteiger partial charge in [0.25, 0.3) is 0 Å². The molecule has 1 aromatic heterocycles. The van der Waals surface area contributed by atoms with Gasteiger partial charge < -0.3 is 15.2 Å². The maximum absolute atomic E-state index is 9.88. The van der Waals surface area contributed by atoms with Gasteiger partial charge in [-0.05, 0) is 37.4 Å². The molecule has 2 N–H and O–H groups in total. The molecule has 2 heterocycles. The molecule has 1 aliphatic rings. The topological polar surface area (TPSA) is 44.7 Å². The van der Waals surface area contributed by atoms with E-state index in [4.69, 9.17) is 4.74 Å². The van der Waals surface area contributed by atoms with Gasteiger partial charge in [-0.15, -0.1) is 11.3 Å². The fourth-order valence-electron chi connectivity index (χ4n) is 2.71. The van der Waals surface area contributed by atoms with E-state index in [1.54, 1.807) is 11.3 Å². The maximum atomic E-state index is 9.88. The molecule has 20 heavy (non-hydrogen) atoms. The van der Waals surface area contributed by atoms with E-state index in [9.17, 15) is 5.11 Å². The molecule has 0 radical (unpaired) electrons. The van der Waals surface area contributed by atoms with Gasteiger partial charge in [0, 0.05) is 24.0 Å². The number of nitrogens with one attached hydrogen (secondary N) is 1. The SMILES string of the molecule is CCN1CCC[C@@H]1CNC[C@H](O)COCc1cccs1. The van der Waals surface area contributed by atoms with Crippen molar-refractivity contribution in [3.05, 3.63) is 22.4 Å². The van der Waals surface area contributed by atoms with Crippen molar-refractivity contribution >= 4 is 11.3 Å². The predicted octanol–water partition coefficient (Wildman–Crippen LogP) is 1.70. The van der Waals surface area contributed by atoms with Crippen molar-refractivity contribution in [1.82, 2.24) is 10.2 Å². The number of likely N-dealkylation sites (N-methyl/N-ethyl adjacent to an activating group) is 1. The second-order valence-electron chi connectivity index (χ2n) is 5.33. The normalized spacial score (nSPS) is 21.4. The van der Waals surface area contributed by atoms with Gasteiger partial charge >= 0.3 is 0 Å². The molecule has 1 saturated heterocycles. The van der Waals surface area contributed by atoms with E-state index < -0.39 is 6.10 Å². The van der Waals surface area contributed by atoms with Crippen molar-refractivity contribution in [1.29, 1.82) is 0 Å². The average Bonchev–Trinajstić information content (AvgIpc) is 3.09. The van der Waals surface area contributed by atoms with Gasteiger partial charge in [-0.25, -0.2) is 0 Å². The average molecular weight is 298 g/mol. The summed E-state index contributed by atoms with van der Waals surface area (Å²) in [4.78, 5) is 3.71. The first-order chi connectivity index (χ1) is 9.79. The third-order valence-corrected chi connectivity index (χ3v) is 4.65. The van der Waals surface area contributed by atoms with Gasteiger partial charge in [-0.1, -0.05) is 13.0 Å². The number of aliphatic hydroxyl groups is 1. The highest BCUT2D eigenvalue weighted by molar-refractivity contribution is 7.09. The Labute approximate surface area is 125 Å². The van der Waals surface area contributed by atoms with Gasteiger partial charge in [0.05, 0.1) is 19.3 Å². The summed E-state index contributed by atoms with van der Waals surface area (Å²) in [5, 5.41) is 15.3. The molecule has 0 spiro atoms. The molecule has 0 aliphatic carbocycles. The molecule has 0 amide bonds. The Balaban J connectivity index is 1.52. The fraction of sp³-hybridized carbons (Fsp3) is 0.733. The van der Waals surface area contributed by atoms with Crippen LogP contribution in [0, 0.1) is 0 Å². The number of thiophene rings is 1. The van der Waals surface area contributed by atoms with Crippen LogP contribution in [-0.2, 0) is 11.3 Å². The highest BCUT2D eigenvalue weighted by Crippen LogP contribution is 2.15.